The van der Waals surface area contributed by atoms with Crippen LogP contribution in [0.3, 0.4) is 0 Å². The molecule has 2 amide bonds. The molecule has 2 aromatic heterocycles. The van der Waals surface area contributed by atoms with Crippen molar-refractivity contribution in [3.05, 3.63) is 42.0 Å². The molecule has 0 unspecified atom stereocenters. The summed E-state index contributed by atoms with van der Waals surface area (Å²) in [7, 11) is 0. The lowest BCUT2D eigenvalue weighted by Gasteiger charge is -2.17. The van der Waals surface area contributed by atoms with Crippen LogP contribution in [0.1, 0.15) is 38.2 Å². The van der Waals surface area contributed by atoms with Gasteiger partial charge >= 0.3 is 0 Å². The van der Waals surface area contributed by atoms with Gasteiger partial charge in [-0.1, -0.05) is 36.7 Å². The fourth-order valence-corrected chi connectivity index (χ4v) is 5.75. The Balaban J connectivity index is 1.27. The van der Waals surface area contributed by atoms with E-state index in [4.69, 9.17) is 41.0 Å². The molecule has 0 aliphatic heterocycles. The second kappa shape index (κ2) is 24.9. The van der Waals surface area contributed by atoms with Crippen LogP contribution in [0.5, 0.6) is 0 Å². The van der Waals surface area contributed by atoms with Crippen LogP contribution in [0.4, 0.5) is 10.2 Å². The molecule has 3 aromatic rings. The molecule has 50 heavy (non-hydrogen) atoms. The minimum absolute atomic E-state index is 0.179. The number of hydrogen-bond donors (Lipinski definition) is 3. The van der Waals surface area contributed by atoms with Gasteiger partial charge in [0, 0.05) is 31.7 Å². The Labute approximate surface area is 301 Å². The molecule has 0 aliphatic carbocycles. The van der Waals surface area contributed by atoms with Gasteiger partial charge in [-0.15, -0.1) is 11.6 Å². The van der Waals surface area contributed by atoms with E-state index in [0.29, 0.717) is 75.7 Å². The van der Waals surface area contributed by atoms with Crippen LogP contribution < -0.4 is 16.4 Å². The number of fused-ring (bicyclic) bond motifs is 1. The van der Waals surface area contributed by atoms with Crippen molar-refractivity contribution in [2.45, 2.75) is 50.4 Å². The van der Waals surface area contributed by atoms with E-state index in [2.05, 4.69) is 25.6 Å². The van der Waals surface area contributed by atoms with Crippen molar-refractivity contribution in [1.29, 1.82) is 0 Å². The molecule has 0 saturated heterocycles. The minimum Gasteiger partial charge on any atom is -0.382 e. The van der Waals surface area contributed by atoms with Gasteiger partial charge in [0.15, 0.2) is 22.1 Å². The number of rotatable bonds is 28. The Hall–Kier alpha value is -3.12. The molecule has 1 aromatic carbocycles. The van der Waals surface area contributed by atoms with Gasteiger partial charge in [-0.3, -0.25) is 14.2 Å². The molecule has 1 atom stereocenters. The lowest BCUT2D eigenvalue weighted by molar-refractivity contribution is -0.127. The molecule has 0 aliphatic rings. The van der Waals surface area contributed by atoms with Gasteiger partial charge in [0.2, 0.25) is 11.8 Å². The zero-order chi connectivity index (χ0) is 35.8. The number of aromatic nitrogens is 4. The summed E-state index contributed by atoms with van der Waals surface area (Å²) in [5.74, 6) is 0.0535. The number of imidazole rings is 1. The van der Waals surface area contributed by atoms with E-state index in [1.54, 1.807) is 12.1 Å². The summed E-state index contributed by atoms with van der Waals surface area (Å²) in [6.45, 7) is 6.67. The lowest BCUT2D eigenvalue weighted by atomic mass is 10.2. The molecule has 0 spiro atoms. The van der Waals surface area contributed by atoms with Crippen LogP contribution in [-0.4, -0.2) is 122 Å². The molecule has 17 heteroatoms. The number of thioether (sulfide) groups is 1. The van der Waals surface area contributed by atoms with Crippen LogP contribution >= 0.6 is 23.4 Å². The number of nitrogens with one attached hydrogen (secondary N) is 2. The summed E-state index contributed by atoms with van der Waals surface area (Å²) >= 11 is 6.92. The number of alkyl halides is 1. The van der Waals surface area contributed by atoms with Crippen LogP contribution in [0.2, 0.25) is 0 Å². The second-order valence-corrected chi connectivity index (χ2v) is 12.4. The monoisotopic (exact) mass is 741 g/mol. The number of amides is 2. The summed E-state index contributed by atoms with van der Waals surface area (Å²) in [4.78, 5) is 37.8. The highest BCUT2D eigenvalue weighted by Gasteiger charge is 2.22. The van der Waals surface area contributed by atoms with E-state index in [1.807, 2.05) is 4.57 Å². The minimum atomic E-state index is -0.844. The highest BCUT2D eigenvalue weighted by atomic mass is 35.5. The molecule has 0 fully saturated rings. The second-order valence-electron chi connectivity index (χ2n) is 11.1. The smallest absolute Gasteiger partial charge is 0.243 e. The largest absolute Gasteiger partial charge is 0.382 e. The fourth-order valence-electron chi connectivity index (χ4n) is 4.55. The Morgan fingerprint density at radius 2 is 1.48 bits per heavy atom. The van der Waals surface area contributed by atoms with E-state index in [1.165, 1.54) is 37.1 Å². The van der Waals surface area contributed by atoms with Crippen LogP contribution in [0.25, 0.3) is 11.2 Å². The van der Waals surface area contributed by atoms with Crippen LogP contribution in [0.15, 0.2) is 35.7 Å². The highest BCUT2D eigenvalue weighted by molar-refractivity contribution is 7.99. The number of hydrogen-bond acceptors (Lipinski definition) is 12. The van der Waals surface area contributed by atoms with Crippen molar-refractivity contribution in [1.82, 2.24) is 30.2 Å². The standard InChI is InChI=1S/C33H49ClFN7O7S/c1-25(43)40-28(23-50-33-41-29-30(36)38-24-39-31(29)42(33)22-26-6-8-27(35)9-7-26)32(44)37-11-13-46-15-17-48-19-21-49-20-18-47-16-14-45-12-5-3-2-4-10-34/h6-9,24,28H,2-5,10-23H2,1H3,(H,37,44)(H,40,43)(H2,36,38,39)/t28-/m0/s1. The van der Waals surface area contributed by atoms with Gasteiger partial charge in [-0.05, 0) is 30.5 Å². The molecular weight excluding hydrogens is 693 g/mol. The Kier molecular flexibility index (Phi) is 20.6. The number of carbonyl (C=O) groups excluding carboxylic acids is 2. The molecule has 278 valence electrons. The third-order valence-electron chi connectivity index (χ3n) is 7.06. The van der Waals surface area contributed by atoms with Crippen molar-refractivity contribution in [3.63, 3.8) is 0 Å². The number of halogens is 2. The molecule has 3 rings (SSSR count). The maximum Gasteiger partial charge on any atom is 0.243 e. The third kappa shape index (κ3) is 16.3. The number of nitrogens with zero attached hydrogens (tertiary/aromatic N) is 4. The molecule has 14 nitrogen and oxygen atoms in total. The van der Waals surface area contributed by atoms with Crippen LogP contribution in [0, 0.1) is 5.82 Å². The Bertz CT molecular complexity index is 1410. The van der Waals surface area contributed by atoms with E-state index in [-0.39, 0.29) is 42.4 Å². The van der Waals surface area contributed by atoms with E-state index >= 15 is 0 Å². The number of benzene rings is 1. The first-order valence-electron chi connectivity index (χ1n) is 16.7. The van der Waals surface area contributed by atoms with E-state index in [0.717, 1.165) is 43.7 Å². The van der Waals surface area contributed by atoms with Gasteiger partial charge in [0.05, 0.1) is 66.0 Å². The summed E-state index contributed by atoms with van der Waals surface area (Å²) in [6.07, 6.45) is 5.73. The first kappa shape index (κ1) is 41.3. The summed E-state index contributed by atoms with van der Waals surface area (Å²) < 4.78 is 42.9. The number of carbonyl (C=O) groups is 2. The average Bonchev–Trinajstić information content (AvgIpc) is 3.46. The third-order valence-corrected chi connectivity index (χ3v) is 8.40. The highest BCUT2D eigenvalue weighted by Crippen LogP contribution is 2.27. The number of nitrogen functional groups attached to an aromatic ring is 1. The summed E-state index contributed by atoms with van der Waals surface area (Å²) in [5, 5.41) is 6.01. The summed E-state index contributed by atoms with van der Waals surface area (Å²) in [5.41, 5.74) is 7.78. The predicted octanol–water partition coefficient (Wildman–Crippen LogP) is 3.19. The quantitative estimate of drug-likeness (QED) is 0.0565. The average molecular weight is 742 g/mol. The van der Waals surface area contributed by atoms with Gasteiger partial charge in [0.1, 0.15) is 18.2 Å². The number of nitrogens with two attached hydrogens (primary N) is 1. The molecule has 0 bridgehead atoms. The topological polar surface area (TPSA) is 174 Å². The first-order chi connectivity index (χ1) is 24.4. The number of ether oxygens (including phenoxy) is 5. The van der Waals surface area contributed by atoms with Crippen LogP contribution in [-0.2, 0) is 39.8 Å². The SMILES string of the molecule is CC(=O)N[C@@H](CSc1nc2c(N)ncnc2n1Cc1ccc(F)cc1)C(=O)NCCOCCOCCOCCOCCOCCCCCCCl. The van der Waals surface area contributed by atoms with Gasteiger partial charge in [-0.2, -0.15) is 0 Å². The number of anilines is 1. The zero-order valence-electron chi connectivity index (χ0n) is 28.6. The van der Waals surface area contributed by atoms with Crippen molar-refractivity contribution in [2.75, 3.05) is 90.0 Å². The molecule has 0 radical (unpaired) electrons. The van der Waals surface area contributed by atoms with Crippen molar-refractivity contribution >= 4 is 52.2 Å². The number of unbranched alkanes of at least 4 members (excludes halogenated alkanes) is 3. The van der Waals surface area contributed by atoms with Gasteiger partial charge < -0.3 is 40.1 Å². The van der Waals surface area contributed by atoms with E-state index < -0.39 is 6.04 Å². The Morgan fingerprint density at radius 1 is 0.880 bits per heavy atom. The Morgan fingerprint density at radius 3 is 2.10 bits per heavy atom. The molecule has 2 heterocycles. The first-order valence-corrected chi connectivity index (χ1v) is 18.2. The predicted molar refractivity (Wildman–Crippen MR) is 190 cm³/mol. The fraction of sp³-hybridized carbons (Fsp3) is 0.606. The van der Waals surface area contributed by atoms with Crippen molar-refractivity contribution in [2.24, 2.45) is 0 Å². The van der Waals surface area contributed by atoms with Crippen molar-refractivity contribution in [3.8, 4) is 0 Å². The maximum absolute atomic E-state index is 13.5. The van der Waals surface area contributed by atoms with Gasteiger partial charge in [-0.25, -0.2) is 19.3 Å². The van der Waals surface area contributed by atoms with Gasteiger partial charge in [0.25, 0.3) is 0 Å². The maximum atomic E-state index is 13.5. The molecule has 4 N–H and O–H groups in total. The zero-order valence-corrected chi connectivity index (χ0v) is 30.2. The summed E-state index contributed by atoms with van der Waals surface area (Å²) in [6, 6.07) is 5.24. The molecule has 0 saturated carbocycles. The normalized spacial score (nSPS) is 12.0. The van der Waals surface area contributed by atoms with Crippen molar-refractivity contribution < 1.29 is 37.7 Å². The molecular formula is C33H49ClFN7O7S. The van der Waals surface area contributed by atoms with E-state index in [9.17, 15) is 14.0 Å². The lowest BCUT2D eigenvalue weighted by Crippen LogP contribution is -2.48.